The largest absolute Gasteiger partial charge is 0.317 e. The van der Waals surface area contributed by atoms with Gasteiger partial charge in [0.15, 0.2) is 0 Å². The van der Waals surface area contributed by atoms with Crippen LogP contribution >= 0.6 is 0 Å². The second-order valence-electron chi connectivity index (χ2n) is 5.87. The van der Waals surface area contributed by atoms with Crippen LogP contribution < -0.4 is 5.32 Å². The summed E-state index contributed by atoms with van der Waals surface area (Å²) < 4.78 is 0. The quantitative estimate of drug-likeness (QED) is 0.880. The van der Waals surface area contributed by atoms with E-state index in [0.29, 0.717) is 12.2 Å². The number of piperidine rings is 1. The number of rotatable bonds is 5. The Balaban J connectivity index is 1.78. The summed E-state index contributed by atoms with van der Waals surface area (Å²) in [5, 5.41) is 3.37. The van der Waals surface area contributed by atoms with E-state index in [-0.39, 0.29) is 0 Å². The van der Waals surface area contributed by atoms with Crippen molar-refractivity contribution in [3.05, 3.63) is 34.9 Å². The van der Waals surface area contributed by atoms with Gasteiger partial charge in [-0.25, -0.2) is 0 Å². The molecule has 0 spiro atoms. The van der Waals surface area contributed by atoms with E-state index in [1.807, 2.05) is 0 Å². The smallest absolute Gasteiger partial charge is 0.137 e. The molecule has 19 heavy (non-hydrogen) atoms. The third-order valence-corrected chi connectivity index (χ3v) is 4.26. The number of hydrogen-bond acceptors (Lipinski definition) is 2. The monoisotopic (exact) mass is 259 g/mol. The van der Waals surface area contributed by atoms with Crippen LogP contribution in [-0.2, 0) is 11.2 Å². The molecule has 1 aromatic rings. The number of carbonyl (C=O) groups is 1. The maximum Gasteiger partial charge on any atom is 0.137 e. The zero-order chi connectivity index (χ0) is 13.7. The van der Waals surface area contributed by atoms with Crippen LogP contribution in [0.3, 0.4) is 0 Å². The SMILES string of the molecule is Cc1ccc(CC(=O)CCC2CCNCC2)cc1C. The molecule has 2 heteroatoms. The summed E-state index contributed by atoms with van der Waals surface area (Å²) in [6, 6.07) is 6.35. The molecule has 1 fully saturated rings. The first-order chi connectivity index (χ1) is 9.15. The summed E-state index contributed by atoms with van der Waals surface area (Å²) in [6.45, 7) is 6.46. The van der Waals surface area contributed by atoms with Gasteiger partial charge in [-0.2, -0.15) is 0 Å². The van der Waals surface area contributed by atoms with Crippen LogP contribution in [0.25, 0.3) is 0 Å². The van der Waals surface area contributed by atoms with Gasteiger partial charge in [0.1, 0.15) is 5.78 Å². The number of ketones is 1. The first-order valence-electron chi connectivity index (χ1n) is 7.43. The fourth-order valence-electron chi connectivity index (χ4n) is 2.77. The molecule has 0 amide bonds. The van der Waals surface area contributed by atoms with Crippen molar-refractivity contribution in [2.24, 2.45) is 5.92 Å². The Morgan fingerprint density at radius 3 is 2.63 bits per heavy atom. The molecule has 0 aliphatic carbocycles. The average molecular weight is 259 g/mol. The second kappa shape index (κ2) is 6.85. The highest BCUT2D eigenvalue weighted by molar-refractivity contribution is 5.80. The fraction of sp³-hybridized carbons (Fsp3) is 0.588. The molecule has 0 saturated carbocycles. The van der Waals surface area contributed by atoms with E-state index in [0.717, 1.165) is 31.8 Å². The molecule has 2 rings (SSSR count). The van der Waals surface area contributed by atoms with Crippen molar-refractivity contribution in [3.8, 4) is 0 Å². The molecule has 1 heterocycles. The summed E-state index contributed by atoms with van der Waals surface area (Å²) in [5.74, 6) is 1.15. The number of hydrogen-bond donors (Lipinski definition) is 1. The van der Waals surface area contributed by atoms with E-state index >= 15 is 0 Å². The Hall–Kier alpha value is -1.15. The van der Waals surface area contributed by atoms with E-state index in [2.05, 4.69) is 37.4 Å². The molecule has 1 aromatic carbocycles. The summed E-state index contributed by atoms with van der Waals surface area (Å²) in [5.41, 5.74) is 3.74. The Bertz CT molecular complexity index is 433. The number of aryl methyl sites for hydroxylation is 2. The number of carbonyl (C=O) groups excluding carboxylic acids is 1. The molecule has 104 valence electrons. The van der Waals surface area contributed by atoms with Crippen LogP contribution in [0.1, 0.15) is 42.4 Å². The predicted octanol–water partition coefficient (Wildman–Crippen LogP) is 3.19. The summed E-state index contributed by atoms with van der Waals surface area (Å²) in [6.07, 6.45) is 4.89. The lowest BCUT2D eigenvalue weighted by molar-refractivity contribution is -0.118. The maximum atomic E-state index is 12.0. The van der Waals surface area contributed by atoms with Gasteiger partial charge in [0, 0.05) is 12.8 Å². The van der Waals surface area contributed by atoms with Gasteiger partial charge < -0.3 is 5.32 Å². The van der Waals surface area contributed by atoms with E-state index in [1.165, 1.54) is 29.5 Å². The van der Waals surface area contributed by atoms with Gasteiger partial charge in [-0.15, -0.1) is 0 Å². The van der Waals surface area contributed by atoms with E-state index < -0.39 is 0 Å². The van der Waals surface area contributed by atoms with Gasteiger partial charge in [0.2, 0.25) is 0 Å². The van der Waals surface area contributed by atoms with Crippen molar-refractivity contribution in [1.82, 2.24) is 5.32 Å². The van der Waals surface area contributed by atoms with E-state index in [9.17, 15) is 4.79 Å². The average Bonchev–Trinajstić information content (AvgIpc) is 2.42. The molecule has 0 bridgehead atoms. The van der Waals surface area contributed by atoms with Gasteiger partial charge in [-0.05, 0) is 68.8 Å². The van der Waals surface area contributed by atoms with Gasteiger partial charge in [0.05, 0.1) is 0 Å². The number of nitrogens with one attached hydrogen (secondary N) is 1. The van der Waals surface area contributed by atoms with Crippen LogP contribution in [0.15, 0.2) is 18.2 Å². The third-order valence-electron chi connectivity index (χ3n) is 4.26. The highest BCUT2D eigenvalue weighted by Crippen LogP contribution is 2.19. The van der Waals surface area contributed by atoms with Crippen molar-refractivity contribution < 1.29 is 4.79 Å². The lowest BCUT2D eigenvalue weighted by Crippen LogP contribution is -2.28. The van der Waals surface area contributed by atoms with Gasteiger partial charge in [-0.3, -0.25) is 4.79 Å². The standard InChI is InChI=1S/C17H25NO/c1-13-3-4-16(11-14(13)2)12-17(19)6-5-15-7-9-18-10-8-15/h3-4,11,15,18H,5-10,12H2,1-2H3. The Morgan fingerprint density at radius 1 is 1.21 bits per heavy atom. The molecular formula is C17H25NO. The molecule has 1 aliphatic rings. The van der Waals surface area contributed by atoms with Crippen LogP contribution in [0.4, 0.5) is 0 Å². The molecule has 1 aliphatic heterocycles. The van der Waals surface area contributed by atoms with Crippen LogP contribution in [0.2, 0.25) is 0 Å². The summed E-state index contributed by atoms with van der Waals surface area (Å²) >= 11 is 0. The summed E-state index contributed by atoms with van der Waals surface area (Å²) in [7, 11) is 0. The minimum atomic E-state index is 0.391. The minimum absolute atomic E-state index is 0.391. The Kier molecular flexibility index (Phi) is 5.15. The van der Waals surface area contributed by atoms with Crippen molar-refractivity contribution in [2.45, 2.75) is 46.0 Å². The van der Waals surface area contributed by atoms with Gasteiger partial charge in [0.25, 0.3) is 0 Å². The molecule has 1 N–H and O–H groups in total. The Morgan fingerprint density at radius 2 is 1.95 bits per heavy atom. The van der Waals surface area contributed by atoms with Crippen molar-refractivity contribution in [1.29, 1.82) is 0 Å². The molecule has 0 unspecified atom stereocenters. The van der Waals surface area contributed by atoms with E-state index in [1.54, 1.807) is 0 Å². The van der Waals surface area contributed by atoms with Crippen molar-refractivity contribution >= 4 is 5.78 Å². The Labute approximate surface area is 116 Å². The molecule has 0 atom stereocenters. The highest BCUT2D eigenvalue weighted by atomic mass is 16.1. The first kappa shape index (κ1) is 14.3. The first-order valence-corrected chi connectivity index (χ1v) is 7.43. The molecule has 1 saturated heterocycles. The van der Waals surface area contributed by atoms with Crippen LogP contribution in [0, 0.1) is 19.8 Å². The van der Waals surface area contributed by atoms with Gasteiger partial charge >= 0.3 is 0 Å². The topological polar surface area (TPSA) is 29.1 Å². The lowest BCUT2D eigenvalue weighted by Gasteiger charge is -2.22. The molecular weight excluding hydrogens is 234 g/mol. The zero-order valence-electron chi connectivity index (χ0n) is 12.2. The van der Waals surface area contributed by atoms with E-state index in [4.69, 9.17) is 0 Å². The minimum Gasteiger partial charge on any atom is -0.317 e. The normalized spacial score (nSPS) is 16.5. The summed E-state index contributed by atoms with van der Waals surface area (Å²) in [4.78, 5) is 12.0. The van der Waals surface area contributed by atoms with Crippen molar-refractivity contribution in [3.63, 3.8) is 0 Å². The van der Waals surface area contributed by atoms with Crippen LogP contribution in [0.5, 0.6) is 0 Å². The number of Topliss-reactive ketones (excluding diaryl/α,β-unsaturated/α-hetero) is 1. The zero-order valence-corrected chi connectivity index (χ0v) is 12.2. The molecule has 0 aromatic heterocycles. The maximum absolute atomic E-state index is 12.0. The van der Waals surface area contributed by atoms with Crippen molar-refractivity contribution in [2.75, 3.05) is 13.1 Å². The lowest BCUT2D eigenvalue weighted by atomic mass is 9.91. The second-order valence-corrected chi connectivity index (χ2v) is 5.87. The molecule has 0 radical (unpaired) electrons. The molecule has 2 nitrogen and oxygen atoms in total. The third kappa shape index (κ3) is 4.46. The highest BCUT2D eigenvalue weighted by Gasteiger charge is 2.14. The van der Waals surface area contributed by atoms with Crippen LogP contribution in [-0.4, -0.2) is 18.9 Å². The fourth-order valence-corrected chi connectivity index (χ4v) is 2.77. The predicted molar refractivity (Wildman–Crippen MR) is 79.5 cm³/mol. The van der Waals surface area contributed by atoms with Gasteiger partial charge in [-0.1, -0.05) is 18.2 Å². The number of benzene rings is 1.